The van der Waals surface area contributed by atoms with E-state index in [1.807, 2.05) is 6.92 Å². The predicted molar refractivity (Wildman–Crippen MR) is 64.0 cm³/mol. The molecule has 1 aromatic carbocycles. The van der Waals surface area contributed by atoms with E-state index >= 15 is 0 Å². The summed E-state index contributed by atoms with van der Waals surface area (Å²) in [7, 11) is 0. The average Bonchev–Trinajstić information content (AvgIpc) is 2.57. The van der Waals surface area contributed by atoms with Crippen LogP contribution >= 0.6 is 0 Å². The Morgan fingerprint density at radius 3 is 1.73 bits per heavy atom. The van der Waals surface area contributed by atoms with Gasteiger partial charge in [0.15, 0.2) is 0 Å². The van der Waals surface area contributed by atoms with E-state index in [1.54, 1.807) is 0 Å². The van der Waals surface area contributed by atoms with Gasteiger partial charge in [-0.2, -0.15) is 0 Å². The Morgan fingerprint density at radius 1 is 1.07 bits per heavy atom. The average molecular weight is 207 g/mol. The van der Waals surface area contributed by atoms with Crippen LogP contribution in [0.3, 0.4) is 0 Å². The molecule has 2 atom stereocenters. The summed E-state index contributed by atoms with van der Waals surface area (Å²) in [5, 5.41) is 12.0. The first kappa shape index (κ1) is 12.2. The molecule has 1 aromatic rings. The van der Waals surface area contributed by atoms with Crippen molar-refractivity contribution in [3.8, 4) is 0 Å². The fraction of sp³-hybridized carbons (Fsp3) is 0.538. The standard InChI is InChI=1S/C8H10.C5H11NO/c1-7-3-5-8(2)6-4-7;1-4-2-6-3-5(4)7/h3-6H,1-2H3;4-7H,2-3H2,1H3. The number of β-amino-alcohol motifs (C(OH)–C–C–N with tert-alkyl or cyclic N) is 1. The highest BCUT2D eigenvalue weighted by molar-refractivity contribution is 5.19. The van der Waals surface area contributed by atoms with Gasteiger partial charge in [-0.15, -0.1) is 0 Å². The first-order chi connectivity index (χ1) is 7.09. The van der Waals surface area contributed by atoms with E-state index in [-0.39, 0.29) is 6.10 Å². The lowest BCUT2D eigenvalue weighted by Crippen LogP contribution is -2.14. The van der Waals surface area contributed by atoms with Crippen molar-refractivity contribution in [3.63, 3.8) is 0 Å². The Balaban J connectivity index is 0.000000151. The van der Waals surface area contributed by atoms with E-state index in [0.29, 0.717) is 5.92 Å². The summed E-state index contributed by atoms with van der Waals surface area (Å²) in [5.41, 5.74) is 2.66. The van der Waals surface area contributed by atoms with E-state index in [2.05, 4.69) is 43.4 Å². The summed E-state index contributed by atoms with van der Waals surface area (Å²) in [6.45, 7) is 7.99. The number of aliphatic hydroxyl groups excluding tert-OH is 1. The molecule has 0 aromatic heterocycles. The van der Waals surface area contributed by atoms with E-state index in [0.717, 1.165) is 13.1 Å². The van der Waals surface area contributed by atoms with Gasteiger partial charge >= 0.3 is 0 Å². The molecule has 2 heteroatoms. The predicted octanol–water partition coefficient (Wildman–Crippen LogP) is 1.89. The van der Waals surface area contributed by atoms with Gasteiger partial charge in [-0.05, 0) is 19.8 Å². The zero-order valence-electron chi connectivity index (χ0n) is 9.83. The number of rotatable bonds is 0. The Hall–Kier alpha value is -0.860. The summed E-state index contributed by atoms with van der Waals surface area (Å²) in [4.78, 5) is 0. The number of hydrogen-bond acceptors (Lipinski definition) is 2. The van der Waals surface area contributed by atoms with Gasteiger partial charge in [-0.3, -0.25) is 0 Å². The first-order valence-electron chi connectivity index (χ1n) is 5.51. The van der Waals surface area contributed by atoms with E-state index in [1.165, 1.54) is 11.1 Å². The molecule has 1 fully saturated rings. The van der Waals surface area contributed by atoms with Gasteiger partial charge in [0.25, 0.3) is 0 Å². The molecule has 2 N–H and O–H groups in total. The molecule has 0 radical (unpaired) electrons. The Kier molecular flexibility index (Phi) is 4.79. The fourth-order valence-corrected chi connectivity index (χ4v) is 1.43. The largest absolute Gasteiger partial charge is 0.391 e. The molecule has 1 heterocycles. The monoisotopic (exact) mass is 207 g/mol. The third-order valence-electron chi connectivity index (χ3n) is 2.69. The van der Waals surface area contributed by atoms with Crippen molar-refractivity contribution in [1.82, 2.24) is 5.32 Å². The molecule has 84 valence electrons. The lowest BCUT2D eigenvalue weighted by molar-refractivity contribution is 0.156. The Morgan fingerprint density at radius 2 is 1.53 bits per heavy atom. The van der Waals surface area contributed by atoms with Crippen LogP contribution < -0.4 is 5.32 Å². The molecule has 0 spiro atoms. The van der Waals surface area contributed by atoms with Crippen LogP contribution in [-0.2, 0) is 0 Å². The minimum absolute atomic E-state index is 0.0972. The maximum absolute atomic E-state index is 8.94. The van der Waals surface area contributed by atoms with Gasteiger partial charge in [0.2, 0.25) is 0 Å². The van der Waals surface area contributed by atoms with Crippen LogP contribution in [0.15, 0.2) is 24.3 Å². The lowest BCUT2D eigenvalue weighted by atomic mass is 10.1. The highest BCUT2D eigenvalue weighted by Crippen LogP contribution is 2.05. The maximum Gasteiger partial charge on any atom is 0.0702 e. The lowest BCUT2D eigenvalue weighted by Gasteiger charge is -2.02. The molecule has 0 saturated carbocycles. The third-order valence-corrected chi connectivity index (χ3v) is 2.69. The Labute approximate surface area is 92.3 Å². The molecule has 2 unspecified atom stereocenters. The first-order valence-corrected chi connectivity index (χ1v) is 5.51. The molecule has 2 rings (SSSR count). The van der Waals surface area contributed by atoms with Crippen LogP contribution in [-0.4, -0.2) is 24.3 Å². The van der Waals surface area contributed by atoms with Gasteiger partial charge in [-0.25, -0.2) is 0 Å². The molecule has 15 heavy (non-hydrogen) atoms. The quantitative estimate of drug-likeness (QED) is 0.681. The van der Waals surface area contributed by atoms with Crippen LogP contribution in [0.25, 0.3) is 0 Å². The highest BCUT2D eigenvalue weighted by atomic mass is 16.3. The topological polar surface area (TPSA) is 32.3 Å². The smallest absolute Gasteiger partial charge is 0.0702 e. The molecule has 2 nitrogen and oxygen atoms in total. The SMILES string of the molecule is CC1CNCC1O.Cc1ccc(C)cc1. The summed E-state index contributed by atoms with van der Waals surface area (Å²) in [6, 6.07) is 8.48. The van der Waals surface area contributed by atoms with Crippen molar-refractivity contribution in [2.75, 3.05) is 13.1 Å². The van der Waals surface area contributed by atoms with Gasteiger partial charge in [0, 0.05) is 13.1 Å². The van der Waals surface area contributed by atoms with Gasteiger partial charge in [0.1, 0.15) is 0 Å². The number of aliphatic hydroxyl groups is 1. The second-order valence-electron chi connectivity index (χ2n) is 4.36. The zero-order chi connectivity index (χ0) is 11.3. The molecule has 0 aliphatic carbocycles. The van der Waals surface area contributed by atoms with Gasteiger partial charge < -0.3 is 10.4 Å². The van der Waals surface area contributed by atoms with Crippen molar-refractivity contribution < 1.29 is 5.11 Å². The third kappa shape index (κ3) is 4.45. The molecule has 0 amide bonds. The number of aryl methyl sites for hydroxylation is 2. The number of hydrogen-bond donors (Lipinski definition) is 2. The number of benzene rings is 1. The van der Waals surface area contributed by atoms with Crippen molar-refractivity contribution in [2.24, 2.45) is 5.92 Å². The summed E-state index contributed by atoms with van der Waals surface area (Å²) < 4.78 is 0. The molecule has 1 saturated heterocycles. The summed E-state index contributed by atoms with van der Waals surface area (Å²) in [5.74, 6) is 0.458. The highest BCUT2D eigenvalue weighted by Gasteiger charge is 2.18. The van der Waals surface area contributed by atoms with Crippen molar-refractivity contribution >= 4 is 0 Å². The van der Waals surface area contributed by atoms with Crippen molar-refractivity contribution in [2.45, 2.75) is 26.9 Å². The fourth-order valence-electron chi connectivity index (χ4n) is 1.43. The summed E-state index contributed by atoms with van der Waals surface area (Å²) >= 11 is 0. The minimum atomic E-state index is -0.0972. The second kappa shape index (κ2) is 5.89. The maximum atomic E-state index is 8.94. The van der Waals surface area contributed by atoms with Crippen molar-refractivity contribution in [3.05, 3.63) is 35.4 Å². The molecule has 0 bridgehead atoms. The summed E-state index contributed by atoms with van der Waals surface area (Å²) in [6.07, 6.45) is -0.0972. The zero-order valence-corrected chi connectivity index (χ0v) is 9.83. The number of nitrogens with one attached hydrogen (secondary N) is 1. The van der Waals surface area contributed by atoms with Crippen LogP contribution in [0.5, 0.6) is 0 Å². The van der Waals surface area contributed by atoms with Crippen LogP contribution in [0.4, 0.5) is 0 Å². The Bertz CT molecular complexity index is 252. The van der Waals surface area contributed by atoms with E-state index in [9.17, 15) is 0 Å². The molecule has 1 aliphatic heterocycles. The molecular weight excluding hydrogens is 186 g/mol. The van der Waals surface area contributed by atoms with E-state index in [4.69, 9.17) is 5.11 Å². The van der Waals surface area contributed by atoms with Gasteiger partial charge in [-0.1, -0.05) is 42.3 Å². The minimum Gasteiger partial charge on any atom is -0.391 e. The van der Waals surface area contributed by atoms with Gasteiger partial charge in [0.05, 0.1) is 6.10 Å². The normalized spacial score (nSPS) is 24.5. The second-order valence-corrected chi connectivity index (χ2v) is 4.36. The molecular formula is C13H21NO. The van der Waals surface area contributed by atoms with Crippen molar-refractivity contribution in [1.29, 1.82) is 0 Å². The van der Waals surface area contributed by atoms with Crippen LogP contribution in [0.1, 0.15) is 18.1 Å². The van der Waals surface area contributed by atoms with Crippen LogP contribution in [0, 0.1) is 19.8 Å². The van der Waals surface area contributed by atoms with E-state index < -0.39 is 0 Å². The molecule has 1 aliphatic rings. The van der Waals surface area contributed by atoms with Crippen LogP contribution in [0.2, 0.25) is 0 Å².